The number of piperazine rings is 1. The molecule has 0 aromatic heterocycles. The fraction of sp³-hybridized carbons (Fsp3) is 0.429. The van der Waals surface area contributed by atoms with Crippen molar-refractivity contribution >= 4 is 10.2 Å². The molecular weight excluding hydrogens is 390 g/mol. The highest BCUT2D eigenvalue weighted by atomic mass is 32.2. The number of hydrogen-bond acceptors (Lipinski definition) is 4. The Morgan fingerprint density at radius 3 is 2.21 bits per heavy atom. The summed E-state index contributed by atoms with van der Waals surface area (Å²) < 4.78 is 32.8. The Morgan fingerprint density at radius 1 is 1.03 bits per heavy atom. The van der Waals surface area contributed by atoms with Crippen LogP contribution in [0.1, 0.15) is 0 Å². The standard InChI is InChI=1S/C21H29N3O4S/c1-22(2)29(26,27)24-14-12-23(13-15-24)16-20(25)17-28-21-10-8-19(9-11-21)18-6-4-3-5-7-18/h3-11,20,25H,12-17H2,1-2H3/p+1/t20-/m1/s1. The first-order chi connectivity index (χ1) is 13.9. The fourth-order valence-corrected chi connectivity index (χ4v) is 4.53. The molecule has 1 saturated heterocycles. The molecule has 2 aromatic carbocycles. The van der Waals surface area contributed by atoms with Crippen molar-refractivity contribution in [1.82, 2.24) is 8.61 Å². The van der Waals surface area contributed by atoms with Crippen LogP contribution in [-0.2, 0) is 10.2 Å². The zero-order valence-corrected chi connectivity index (χ0v) is 17.8. The van der Waals surface area contributed by atoms with E-state index in [9.17, 15) is 13.5 Å². The monoisotopic (exact) mass is 420 g/mol. The fourth-order valence-electron chi connectivity index (χ4n) is 3.43. The summed E-state index contributed by atoms with van der Waals surface area (Å²) in [5.74, 6) is 0.723. The van der Waals surface area contributed by atoms with E-state index in [0.29, 0.717) is 32.7 Å². The SMILES string of the molecule is CN(C)S(=O)(=O)N1CC[NH+](C[C@@H](O)COc2ccc(-c3ccccc3)cc2)CC1. The van der Waals surface area contributed by atoms with Crippen LogP contribution in [0, 0.1) is 0 Å². The lowest BCUT2D eigenvalue weighted by Crippen LogP contribution is -3.16. The maximum absolute atomic E-state index is 12.2. The van der Waals surface area contributed by atoms with Crippen LogP contribution in [0.15, 0.2) is 54.6 Å². The summed E-state index contributed by atoms with van der Waals surface area (Å²) in [6, 6.07) is 18.0. The Bertz CT molecular complexity index is 865. The minimum absolute atomic E-state index is 0.216. The minimum atomic E-state index is -3.36. The van der Waals surface area contributed by atoms with Gasteiger partial charge in [0.25, 0.3) is 10.2 Å². The maximum Gasteiger partial charge on any atom is 0.281 e. The van der Waals surface area contributed by atoms with E-state index in [1.54, 1.807) is 14.1 Å². The van der Waals surface area contributed by atoms with Crippen LogP contribution in [0.5, 0.6) is 5.75 Å². The average Bonchev–Trinajstić information content (AvgIpc) is 2.73. The lowest BCUT2D eigenvalue weighted by molar-refractivity contribution is -0.906. The molecule has 0 radical (unpaired) electrons. The molecule has 0 aliphatic carbocycles. The van der Waals surface area contributed by atoms with Crippen molar-refractivity contribution in [3.8, 4) is 16.9 Å². The molecule has 29 heavy (non-hydrogen) atoms. The molecule has 0 unspecified atom stereocenters. The van der Waals surface area contributed by atoms with Crippen LogP contribution in [0.25, 0.3) is 11.1 Å². The summed E-state index contributed by atoms with van der Waals surface area (Å²) in [6.07, 6.45) is -0.601. The summed E-state index contributed by atoms with van der Waals surface area (Å²) in [5.41, 5.74) is 2.27. The van der Waals surface area contributed by atoms with Crippen LogP contribution < -0.4 is 9.64 Å². The van der Waals surface area contributed by atoms with E-state index < -0.39 is 16.3 Å². The second-order valence-corrected chi connectivity index (χ2v) is 9.64. The van der Waals surface area contributed by atoms with Gasteiger partial charge in [-0.05, 0) is 23.3 Å². The van der Waals surface area contributed by atoms with Crippen molar-refractivity contribution in [2.75, 3.05) is 53.4 Å². The van der Waals surface area contributed by atoms with Gasteiger partial charge in [-0.25, -0.2) is 0 Å². The quantitative estimate of drug-likeness (QED) is 0.635. The Balaban J connectivity index is 1.43. The lowest BCUT2D eigenvalue weighted by Gasteiger charge is -2.33. The number of aliphatic hydroxyl groups excluding tert-OH is 1. The molecule has 1 atom stereocenters. The zero-order chi connectivity index (χ0) is 20.9. The molecule has 1 aliphatic rings. The van der Waals surface area contributed by atoms with Gasteiger partial charge in [-0.1, -0.05) is 42.5 Å². The van der Waals surface area contributed by atoms with E-state index in [1.807, 2.05) is 42.5 Å². The molecule has 8 heteroatoms. The number of nitrogens with one attached hydrogen (secondary N) is 1. The number of nitrogens with zero attached hydrogens (tertiary/aromatic N) is 2. The predicted octanol–water partition coefficient (Wildman–Crippen LogP) is 0.100. The number of benzene rings is 2. The topological polar surface area (TPSA) is 74.5 Å². The molecular formula is C21H30N3O4S+. The third-order valence-electron chi connectivity index (χ3n) is 5.15. The normalized spacial score (nSPS) is 17.4. The van der Waals surface area contributed by atoms with Gasteiger partial charge in [0.05, 0.1) is 26.2 Å². The molecule has 0 spiro atoms. The summed E-state index contributed by atoms with van der Waals surface area (Å²) in [5, 5.41) is 10.3. The van der Waals surface area contributed by atoms with Crippen molar-refractivity contribution in [2.45, 2.75) is 6.10 Å². The van der Waals surface area contributed by atoms with Gasteiger partial charge in [-0.2, -0.15) is 17.0 Å². The molecule has 1 aliphatic heterocycles. The maximum atomic E-state index is 12.2. The van der Waals surface area contributed by atoms with E-state index >= 15 is 0 Å². The Labute approximate surface area is 173 Å². The molecule has 3 rings (SSSR count). The molecule has 0 saturated carbocycles. The van der Waals surface area contributed by atoms with Crippen LogP contribution in [-0.4, -0.2) is 81.7 Å². The summed E-state index contributed by atoms with van der Waals surface area (Å²) in [4.78, 5) is 1.19. The number of quaternary nitrogens is 1. The molecule has 1 fully saturated rings. The second kappa shape index (κ2) is 9.69. The summed E-state index contributed by atoms with van der Waals surface area (Å²) in [7, 11) is -0.268. The van der Waals surface area contributed by atoms with Gasteiger partial charge in [-0.15, -0.1) is 0 Å². The van der Waals surface area contributed by atoms with Crippen LogP contribution >= 0.6 is 0 Å². The lowest BCUT2D eigenvalue weighted by atomic mass is 10.1. The van der Waals surface area contributed by atoms with E-state index in [2.05, 4.69) is 12.1 Å². The van der Waals surface area contributed by atoms with Crippen LogP contribution in [0.2, 0.25) is 0 Å². The van der Waals surface area contributed by atoms with Crippen LogP contribution in [0.3, 0.4) is 0 Å². The Morgan fingerprint density at radius 2 is 1.62 bits per heavy atom. The molecule has 2 N–H and O–H groups in total. The van der Waals surface area contributed by atoms with Gasteiger partial charge in [0.15, 0.2) is 0 Å². The highest BCUT2D eigenvalue weighted by Crippen LogP contribution is 2.22. The van der Waals surface area contributed by atoms with E-state index in [0.717, 1.165) is 16.9 Å². The molecule has 2 aromatic rings. The minimum Gasteiger partial charge on any atom is -0.491 e. The first kappa shape index (κ1) is 21.7. The number of ether oxygens (including phenoxy) is 1. The zero-order valence-electron chi connectivity index (χ0n) is 17.0. The first-order valence-electron chi connectivity index (χ1n) is 9.84. The predicted molar refractivity (Wildman–Crippen MR) is 113 cm³/mol. The highest BCUT2D eigenvalue weighted by Gasteiger charge is 2.31. The third kappa shape index (κ3) is 5.77. The second-order valence-electron chi connectivity index (χ2n) is 7.50. The molecule has 158 valence electrons. The third-order valence-corrected chi connectivity index (χ3v) is 7.09. The van der Waals surface area contributed by atoms with Gasteiger partial charge < -0.3 is 14.7 Å². The van der Waals surface area contributed by atoms with Crippen LogP contribution in [0.4, 0.5) is 0 Å². The van der Waals surface area contributed by atoms with Gasteiger partial charge in [-0.3, -0.25) is 0 Å². The van der Waals surface area contributed by atoms with Crippen molar-refractivity contribution in [2.24, 2.45) is 0 Å². The van der Waals surface area contributed by atoms with E-state index in [-0.39, 0.29) is 6.61 Å². The Kier molecular flexibility index (Phi) is 7.26. The molecule has 7 nitrogen and oxygen atoms in total. The summed E-state index contributed by atoms with van der Waals surface area (Å²) in [6.45, 7) is 3.03. The molecule has 1 heterocycles. The number of hydrogen-bond donors (Lipinski definition) is 2. The van der Waals surface area contributed by atoms with Gasteiger partial charge in [0.1, 0.15) is 25.0 Å². The highest BCUT2D eigenvalue weighted by molar-refractivity contribution is 7.86. The average molecular weight is 421 g/mol. The van der Waals surface area contributed by atoms with Gasteiger partial charge in [0.2, 0.25) is 0 Å². The first-order valence-corrected chi connectivity index (χ1v) is 11.2. The number of rotatable bonds is 8. The van der Waals surface area contributed by atoms with Gasteiger partial charge >= 0.3 is 0 Å². The van der Waals surface area contributed by atoms with Crippen molar-refractivity contribution in [1.29, 1.82) is 0 Å². The van der Waals surface area contributed by atoms with Crippen molar-refractivity contribution in [3.63, 3.8) is 0 Å². The van der Waals surface area contributed by atoms with E-state index in [4.69, 9.17) is 4.74 Å². The van der Waals surface area contributed by atoms with Gasteiger partial charge in [0, 0.05) is 14.1 Å². The largest absolute Gasteiger partial charge is 0.491 e. The van der Waals surface area contributed by atoms with Crippen molar-refractivity contribution < 1.29 is 23.2 Å². The Hall–Kier alpha value is -1.97. The molecule has 0 amide bonds. The summed E-state index contributed by atoms with van der Waals surface area (Å²) >= 11 is 0. The van der Waals surface area contributed by atoms with E-state index in [1.165, 1.54) is 13.5 Å². The molecule has 0 bridgehead atoms. The smallest absolute Gasteiger partial charge is 0.281 e. The van der Waals surface area contributed by atoms with Crippen molar-refractivity contribution in [3.05, 3.63) is 54.6 Å². The number of aliphatic hydroxyl groups is 1.